The fourth-order valence-electron chi connectivity index (χ4n) is 3.49. The minimum atomic E-state index is -0.910. The van der Waals surface area contributed by atoms with Gasteiger partial charge in [-0.1, -0.05) is 39.3 Å². The van der Waals surface area contributed by atoms with Crippen molar-refractivity contribution in [2.75, 3.05) is 17.9 Å². The standard InChI is InChI=1S/C20H14BrClN4O4S/c1-9(27)26-14-4-3-10(21)5-12(14)17-18(23-20(31-2)25-24-17)30-19(26)11-6-15-16(7-13(11)22)29-8-28-15/h3-7,19H,8H2,1-2H3/t19-/m1/s1. The predicted octanol–water partition coefficient (Wildman–Crippen LogP) is 4.85. The van der Waals surface area contributed by atoms with Gasteiger partial charge in [-0.25, -0.2) is 0 Å². The van der Waals surface area contributed by atoms with Crippen LogP contribution in [0.15, 0.2) is 40.0 Å². The molecule has 11 heteroatoms. The number of anilines is 1. The number of fused-ring (bicyclic) bond motifs is 4. The number of nitrogens with zero attached hydrogens (tertiary/aromatic N) is 4. The van der Waals surface area contributed by atoms with Crippen molar-refractivity contribution in [1.29, 1.82) is 0 Å². The van der Waals surface area contributed by atoms with Crippen LogP contribution in [0.2, 0.25) is 5.02 Å². The Morgan fingerprint density at radius 1 is 1.23 bits per heavy atom. The number of hydrogen-bond donors (Lipinski definition) is 0. The number of aromatic nitrogens is 3. The Kier molecular flexibility index (Phi) is 5.15. The average molecular weight is 522 g/mol. The summed E-state index contributed by atoms with van der Waals surface area (Å²) < 4.78 is 18.0. The summed E-state index contributed by atoms with van der Waals surface area (Å²) in [5.41, 5.74) is 2.22. The fraction of sp³-hybridized carbons (Fsp3) is 0.200. The summed E-state index contributed by atoms with van der Waals surface area (Å²) in [6, 6.07) is 8.89. The number of thioether (sulfide) groups is 1. The van der Waals surface area contributed by atoms with Crippen LogP contribution in [-0.4, -0.2) is 34.1 Å². The van der Waals surface area contributed by atoms with E-state index in [0.717, 1.165) is 4.47 Å². The second-order valence-electron chi connectivity index (χ2n) is 6.70. The van der Waals surface area contributed by atoms with Crippen LogP contribution in [-0.2, 0) is 4.79 Å². The van der Waals surface area contributed by atoms with Gasteiger partial charge < -0.3 is 14.2 Å². The van der Waals surface area contributed by atoms with Gasteiger partial charge in [0.1, 0.15) is 0 Å². The molecule has 1 aromatic heterocycles. The van der Waals surface area contributed by atoms with Crippen molar-refractivity contribution in [3.8, 4) is 28.6 Å². The molecular weight excluding hydrogens is 508 g/mol. The molecule has 5 rings (SSSR count). The van der Waals surface area contributed by atoms with E-state index in [1.54, 1.807) is 12.1 Å². The van der Waals surface area contributed by atoms with E-state index in [1.807, 2.05) is 24.5 Å². The van der Waals surface area contributed by atoms with Crippen molar-refractivity contribution in [2.24, 2.45) is 0 Å². The van der Waals surface area contributed by atoms with Crippen LogP contribution in [0.25, 0.3) is 11.3 Å². The van der Waals surface area contributed by atoms with Gasteiger partial charge in [0.05, 0.1) is 10.7 Å². The van der Waals surface area contributed by atoms with Gasteiger partial charge >= 0.3 is 0 Å². The van der Waals surface area contributed by atoms with Crippen LogP contribution in [0.4, 0.5) is 5.69 Å². The number of hydrogen-bond acceptors (Lipinski definition) is 8. The number of amides is 1. The Bertz CT molecular complexity index is 1230. The number of benzene rings is 2. The highest BCUT2D eigenvalue weighted by Gasteiger charge is 2.36. The average Bonchev–Trinajstić information content (AvgIpc) is 3.14. The van der Waals surface area contributed by atoms with Crippen molar-refractivity contribution < 1.29 is 19.0 Å². The molecule has 2 aliphatic heterocycles. The molecule has 158 valence electrons. The molecule has 0 aliphatic carbocycles. The summed E-state index contributed by atoms with van der Waals surface area (Å²) in [7, 11) is 0. The Hall–Kier alpha value is -2.56. The van der Waals surface area contributed by atoms with Crippen molar-refractivity contribution in [1.82, 2.24) is 15.2 Å². The zero-order valence-corrected chi connectivity index (χ0v) is 19.4. The smallest absolute Gasteiger partial charge is 0.247 e. The minimum Gasteiger partial charge on any atom is -0.454 e. The minimum absolute atomic E-state index is 0.102. The van der Waals surface area contributed by atoms with Gasteiger partial charge in [-0.2, -0.15) is 4.98 Å². The van der Waals surface area contributed by atoms with E-state index in [2.05, 4.69) is 31.1 Å². The predicted molar refractivity (Wildman–Crippen MR) is 119 cm³/mol. The van der Waals surface area contributed by atoms with Crippen LogP contribution in [0, 0.1) is 0 Å². The van der Waals surface area contributed by atoms with Crippen molar-refractivity contribution in [3.05, 3.63) is 45.4 Å². The van der Waals surface area contributed by atoms with E-state index in [4.69, 9.17) is 25.8 Å². The topological polar surface area (TPSA) is 86.7 Å². The molecule has 0 saturated heterocycles. The van der Waals surface area contributed by atoms with Crippen LogP contribution in [0.3, 0.4) is 0 Å². The quantitative estimate of drug-likeness (QED) is 0.443. The van der Waals surface area contributed by atoms with Crippen LogP contribution in [0.5, 0.6) is 17.4 Å². The van der Waals surface area contributed by atoms with E-state index in [1.165, 1.54) is 23.6 Å². The molecule has 3 heterocycles. The number of rotatable bonds is 2. The van der Waals surface area contributed by atoms with Crippen LogP contribution >= 0.6 is 39.3 Å². The molecule has 1 amide bonds. The summed E-state index contributed by atoms with van der Waals surface area (Å²) in [6.45, 7) is 1.57. The Morgan fingerprint density at radius 2 is 2.00 bits per heavy atom. The number of ether oxygens (including phenoxy) is 3. The number of halogens is 2. The second kappa shape index (κ2) is 7.85. The zero-order chi connectivity index (χ0) is 21.7. The van der Waals surface area contributed by atoms with E-state index < -0.39 is 6.23 Å². The van der Waals surface area contributed by atoms with Gasteiger partial charge in [-0.3, -0.25) is 9.69 Å². The molecular formula is C20H14BrClN4O4S. The van der Waals surface area contributed by atoms with Crippen LogP contribution in [0.1, 0.15) is 18.7 Å². The first-order chi connectivity index (χ1) is 15.0. The first kappa shape index (κ1) is 20.3. The highest BCUT2D eigenvalue weighted by atomic mass is 79.9. The summed E-state index contributed by atoms with van der Waals surface area (Å²) in [5.74, 6) is 1.07. The highest BCUT2D eigenvalue weighted by molar-refractivity contribution is 9.10. The maximum absolute atomic E-state index is 12.9. The summed E-state index contributed by atoms with van der Waals surface area (Å²) in [5, 5.41) is 9.31. The molecule has 8 nitrogen and oxygen atoms in total. The molecule has 0 fully saturated rings. The molecule has 0 N–H and O–H groups in total. The summed E-state index contributed by atoms with van der Waals surface area (Å²) >= 11 is 11.4. The second-order valence-corrected chi connectivity index (χ2v) is 8.80. The van der Waals surface area contributed by atoms with Gasteiger partial charge in [0.25, 0.3) is 0 Å². The molecule has 2 aliphatic rings. The van der Waals surface area contributed by atoms with E-state index in [0.29, 0.717) is 44.2 Å². The highest BCUT2D eigenvalue weighted by Crippen LogP contribution is 2.47. The SMILES string of the molecule is CSc1nnc2c(n1)O[C@H](c1cc3c(cc1Cl)OCO3)N(C(C)=O)c1ccc(Br)cc1-2. The molecule has 31 heavy (non-hydrogen) atoms. The largest absolute Gasteiger partial charge is 0.454 e. The summed E-state index contributed by atoms with van der Waals surface area (Å²) in [4.78, 5) is 18.9. The zero-order valence-electron chi connectivity index (χ0n) is 16.3. The van der Waals surface area contributed by atoms with E-state index in [-0.39, 0.29) is 18.6 Å². The first-order valence-electron chi connectivity index (χ1n) is 9.10. The van der Waals surface area contributed by atoms with Gasteiger partial charge in [0.15, 0.2) is 17.2 Å². The van der Waals surface area contributed by atoms with Gasteiger partial charge in [0.2, 0.25) is 30.0 Å². The lowest BCUT2D eigenvalue weighted by Crippen LogP contribution is -2.36. The van der Waals surface area contributed by atoms with E-state index >= 15 is 0 Å². The van der Waals surface area contributed by atoms with E-state index in [9.17, 15) is 4.79 Å². The lowest BCUT2D eigenvalue weighted by molar-refractivity contribution is -0.118. The molecule has 1 atom stereocenters. The molecule has 2 aromatic carbocycles. The van der Waals surface area contributed by atoms with Crippen molar-refractivity contribution >= 4 is 50.9 Å². The normalized spacial score (nSPS) is 16.3. The van der Waals surface area contributed by atoms with Crippen molar-refractivity contribution in [3.63, 3.8) is 0 Å². The lowest BCUT2D eigenvalue weighted by atomic mass is 10.1. The molecule has 0 radical (unpaired) electrons. The van der Waals surface area contributed by atoms with Gasteiger partial charge in [0, 0.05) is 28.6 Å². The molecule has 3 aromatic rings. The molecule has 0 unspecified atom stereocenters. The third-order valence-corrected chi connectivity index (χ3v) is 6.20. The van der Waals surface area contributed by atoms with Crippen molar-refractivity contribution in [2.45, 2.75) is 18.3 Å². The first-order valence-corrected chi connectivity index (χ1v) is 11.5. The monoisotopic (exact) mass is 520 g/mol. The summed E-state index contributed by atoms with van der Waals surface area (Å²) in [6.07, 6.45) is 0.936. The van der Waals surface area contributed by atoms with Gasteiger partial charge in [-0.05, 0) is 30.5 Å². The maximum atomic E-state index is 12.9. The number of carbonyl (C=O) groups is 1. The fourth-order valence-corrected chi connectivity index (χ4v) is 4.39. The van der Waals surface area contributed by atoms with Crippen LogP contribution < -0.4 is 19.1 Å². The number of carbonyl (C=O) groups excluding carboxylic acids is 1. The lowest BCUT2D eigenvalue weighted by Gasteiger charge is -2.30. The Balaban J connectivity index is 1.77. The Morgan fingerprint density at radius 3 is 2.74 bits per heavy atom. The van der Waals surface area contributed by atoms with Gasteiger partial charge in [-0.15, -0.1) is 10.2 Å². The molecule has 0 spiro atoms. The molecule has 0 bridgehead atoms. The third kappa shape index (κ3) is 3.48. The maximum Gasteiger partial charge on any atom is 0.247 e. The Labute approximate surface area is 195 Å². The third-order valence-electron chi connectivity index (χ3n) is 4.85. The molecule has 0 saturated carbocycles.